The number of nitrogens with one attached hydrogen (secondary N) is 2. The van der Waals surface area contributed by atoms with Crippen LogP contribution in [0, 0.1) is 13.8 Å². The van der Waals surface area contributed by atoms with Gasteiger partial charge in [0, 0.05) is 34.7 Å². The number of pyridine rings is 1. The van der Waals surface area contributed by atoms with Crippen LogP contribution in [0.4, 0.5) is 0 Å². The molecule has 1 atom stereocenters. The molecule has 2 aromatic heterocycles. The molecule has 3 aromatic rings. The maximum absolute atomic E-state index is 12.7. The van der Waals surface area contributed by atoms with E-state index in [2.05, 4.69) is 27.5 Å². The normalized spacial score (nSPS) is 12.6. The summed E-state index contributed by atoms with van der Waals surface area (Å²) >= 11 is 0. The summed E-state index contributed by atoms with van der Waals surface area (Å²) < 4.78 is 4.69. The summed E-state index contributed by atoms with van der Waals surface area (Å²) in [6, 6.07) is 7.90. The second-order valence-corrected chi connectivity index (χ2v) is 6.22. The highest BCUT2D eigenvalue weighted by Gasteiger charge is 2.12. The standard InChI is InChI=1S/C18H22N4O2/c1-11(19-10-17-13(3)21-24-22-17)8-9-14-12(2)20-16-7-5-4-6-15(16)18(14)23/h4-7,11,19H,8-10H2,1-3H3,(H,20,23)/t11-/m1/s1. The van der Waals surface area contributed by atoms with E-state index in [0.717, 1.165) is 46.4 Å². The smallest absolute Gasteiger partial charge is 0.192 e. The fourth-order valence-electron chi connectivity index (χ4n) is 2.85. The van der Waals surface area contributed by atoms with Crippen molar-refractivity contribution in [1.29, 1.82) is 0 Å². The average Bonchev–Trinajstić information content (AvgIpc) is 2.98. The molecule has 0 bridgehead atoms. The molecule has 0 unspecified atom stereocenters. The number of para-hydroxylation sites is 1. The molecule has 0 saturated heterocycles. The Morgan fingerprint density at radius 3 is 2.79 bits per heavy atom. The third-order valence-corrected chi connectivity index (χ3v) is 4.41. The summed E-state index contributed by atoms with van der Waals surface area (Å²) in [4.78, 5) is 16.0. The molecule has 0 aliphatic heterocycles. The van der Waals surface area contributed by atoms with Crippen LogP contribution < -0.4 is 10.7 Å². The summed E-state index contributed by atoms with van der Waals surface area (Å²) in [6.45, 7) is 6.55. The molecule has 6 heteroatoms. The van der Waals surface area contributed by atoms with Crippen molar-refractivity contribution in [2.45, 2.75) is 46.2 Å². The number of hydrogen-bond donors (Lipinski definition) is 2. The number of fused-ring (bicyclic) bond motifs is 1. The van der Waals surface area contributed by atoms with Crippen molar-refractivity contribution in [2.75, 3.05) is 0 Å². The lowest BCUT2D eigenvalue weighted by Crippen LogP contribution is -2.27. The van der Waals surface area contributed by atoms with Gasteiger partial charge >= 0.3 is 0 Å². The van der Waals surface area contributed by atoms with E-state index in [-0.39, 0.29) is 11.5 Å². The van der Waals surface area contributed by atoms with Gasteiger partial charge < -0.3 is 10.3 Å². The molecule has 0 saturated carbocycles. The van der Waals surface area contributed by atoms with Gasteiger partial charge in [-0.05, 0) is 45.7 Å². The molecule has 1 aromatic carbocycles. The predicted molar refractivity (Wildman–Crippen MR) is 93.0 cm³/mol. The number of H-pyrrole nitrogens is 1. The molecule has 2 N–H and O–H groups in total. The third-order valence-electron chi connectivity index (χ3n) is 4.41. The van der Waals surface area contributed by atoms with Crippen LogP contribution in [0.25, 0.3) is 10.9 Å². The predicted octanol–water partition coefficient (Wildman–Crippen LogP) is 2.64. The topological polar surface area (TPSA) is 83.8 Å². The lowest BCUT2D eigenvalue weighted by Gasteiger charge is -2.14. The summed E-state index contributed by atoms with van der Waals surface area (Å²) in [5.74, 6) is 0. The average molecular weight is 326 g/mol. The minimum absolute atomic E-state index is 0.130. The molecule has 0 aliphatic carbocycles. The molecule has 2 heterocycles. The second-order valence-electron chi connectivity index (χ2n) is 6.22. The van der Waals surface area contributed by atoms with E-state index >= 15 is 0 Å². The van der Waals surface area contributed by atoms with Crippen molar-refractivity contribution < 1.29 is 4.63 Å². The monoisotopic (exact) mass is 326 g/mol. The fourth-order valence-corrected chi connectivity index (χ4v) is 2.85. The van der Waals surface area contributed by atoms with E-state index in [1.54, 1.807) is 0 Å². The van der Waals surface area contributed by atoms with Gasteiger partial charge in [-0.3, -0.25) is 4.79 Å². The molecular weight excluding hydrogens is 304 g/mol. The van der Waals surface area contributed by atoms with E-state index < -0.39 is 0 Å². The van der Waals surface area contributed by atoms with Gasteiger partial charge in [0.1, 0.15) is 11.4 Å². The van der Waals surface area contributed by atoms with Gasteiger partial charge in [-0.15, -0.1) is 0 Å². The van der Waals surface area contributed by atoms with Crippen LogP contribution in [-0.4, -0.2) is 21.3 Å². The summed E-state index contributed by atoms with van der Waals surface area (Å²) in [5.41, 5.74) is 4.46. The molecule has 24 heavy (non-hydrogen) atoms. The highest BCUT2D eigenvalue weighted by Crippen LogP contribution is 2.13. The Bertz CT molecular complexity index is 897. The van der Waals surface area contributed by atoms with Crippen LogP contribution in [0.15, 0.2) is 33.7 Å². The van der Waals surface area contributed by atoms with Gasteiger partial charge in [0.15, 0.2) is 5.43 Å². The molecule has 0 aliphatic rings. The molecule has 3 rings (SSSR count). The first kappa shape index (κ1) is 16.4. The van der Waals surface area contributed by atoms with Crippen molar-refractivity contribution in [3.8, 4) is 0 Å². The number of rotatable bonds is 6. The van der Waals surface area contributed by atoms with Gasteiger partial charge in [-0.25, -0.2) is 4.63 Å². The molecule has 6 nitrogen and oxygen atoms in total. The number of nitrogens with zero attached hydrogens (tertiary/aromatic N) is 2. The van der Waals surface area contributed by atoms with Crippen LogP contribution in [0.1, 0.15) is 36.0 Å². The van der Waals surface area contributed by atoms with Crippen LogP contribution in [-0.2, 0) is 13.0 Å². The lowest BCUT2D eigenvalue weighted by molar-refractivity contribution is 0.299. The molecule has 0 fully saturated rings. The second kappa shape index (κ2) is 6.97. The van der Waals surface area contributed by atoms with Crippen molar-refractivity contribution in [2.24, 2.45) is 0 Å². The van der Waals surface area contributed by atoms with Crippen LogP contribution >= 0.6 is 0 Å². The van der Waals surface area contributed by atoms with Gasteiger partial charge in [-0.2, -0.15) is 0 Å². The zero-order valence-electron chi connectivity index (χ0n) is 14.2. The van der Waals surface area contributed by atoms with Gasteiger partial charge in [-0.1, -0.05) is 22.4 Å². The Hall–Kier alpha value is -2.47. The zero-order valence-corrected chi connectivity index (χ0v) is 14.2. The first-order valence-electron chi connectivity index (χ1n) is 8.18. The largest absolute Gasteiger partial charge is 0.358 e. The maximum atomic E-state index is 12.7. The Morgan fingerprint density at radius 1 is 1.25 bits per heavy atom. The van der Waals surface area contributed by atoms with E-state index in [4.69, 9.17) is 4.63 Å². The summed E-state index contributed by atoms with van der Waals surface area (Å²) in [7, 11) is 0. The van der Waals surface area contributed by atoms with Crippen molar-refractivity contribution in [3.05, 3.63) is 57.1 Å². The summed E-state index contributed by atoms with van der Waals surface area (Å²) in [6.07, 6.45) is 1.60. The first-order chi connectivity index (χ1) is 11.6. The number of benzene rings is 1. The van der Waals surface area contributed by atoms with Gasteiger partial charge in [0.05, 0.1) is 0 Å². The Labute approximate surface area is 140 Å². The zero-order chi connectivity index (χ0) is 17.1. The van der Waals surface area contributed by atoms with Crippen LogP contribution in [0.3, 0.4) is 0 Å². The van der Waals surface area contributed by atoms with Gasteiger partial charge in [0.25, 0.3) is 0 Å². The van der Waals surface area contributed by atoms with Crippen molar-refractivity contribution in [3.63, 3.8) is 0 Å². The van der Waals surface area contributed by atoms with E-state index in [9.17, 15) is 4.79 Å². The Balaban J connectivity index is 1.67. The lowest BCUT2D eigenvalue weighted by atomic mass is 10.0. The molecule has 0 radical (unpaired) electrons. The fraction of sp³-hybridized carbons (Fsp3) is 0.389. The van der Waals surface area contributed by atoms with Gasteiger partial charge in [0.2, 0.25) is 0 Å². The number of aromatic amines is 1. The molecule has 0 amide bonds. The number of aromatic nitrogens is 3. The quantitative estimate of drug-likeness (QED) is 0.727. The number of hydrogen-bond acceptors (Lipinski definition) is 5. The highest BCUT2D eigenvalue weighted by atomic mass is 16.6. The molecule has 126 valence electrons. The van der Waals surface area contributed by atoms with E-state index in [0.29, 0.717) is 6.54 Å². The Morgan fingerprint density at radius 2 is 2.04 bits per heavy atom. The minimum Gasteiger partial charge on any atom is -0.358 e. The summed E-state index contributed by atoms with van der Waals surface area (Å²) in [5, 5.41) is 11.8. The van der Waals surface area contributed by atoms with Crippen LogP contribution in [0.2, 0.25) is 0 Å². The van der Waals surface area contributed by atoms with Crippen LogP contribution in [0.5, 0.6) is 0 Å². The van der Waals surface area contributed by atoms with E-state index in [1.165, 1.54) is 0 Å². The van der Waals surface area contributed by atoms with E-state index in [1.807, 2.05) is 38.1 Å². The minimum atomic E-state index is 0.130. The van der Waals surface area contributed by atoms with Crippen molar-refractivity contribution >= 4 is 10.9 Å². The maximum Gasteiger partial charge on any atom is 0.192 e. The Kier molecular flexibility index (Phi) is 4.76. The highest BCUT2D eigenvalue weighted by molar-refractivity contribution is 5.79. The molecule has 0 spiro atoms. The third kappa shape index (κ3) is 3.38. The first-order valence-corrected chi connectivity index (χ1v) is 8.18. The number of aryl methyl sites for hydroxylation is 2. The molecular formula is C18H22N4O2. The van der Waals surface area contributed by atoms with Crippen molar-refractivity contribution in [1.82, 2.24) is 20.6 Å². The SMILES string of the molecule is Cc1nonc1CN[C@H](C)CCc1c(C)[nH]c2ccccc2c1=O.